The lowest BCUT2D eigenvalue weighted by Gasteiger charge is -2.06. The molecular weight excluding hydrogens is 201 g/mol. The number of benzene rings is 1. The summed E-state index contributed by atoms with van der Waals surface area (Å²) in [6.45, 7) is 0. The van der Waals surface area contributed by atoms with Crippen LogP contribution in [0, 0.1) is 5.82 Å². The second-order valence-corrected chi connectivity index (χ2v) is 3.00. The van der Waals surface area contributed by atoms with Crippen LogP contribution >= 0.6 is 0 Å². The Bertz CT molecular complexity index is 442. The normalized spacial score (nSPS) is 14.8. The van der Waals surface area contributed by atoms with Crippen molar-refractivity contribution in [2.24, 2.45) is 5.16 Å². The molecule has 15 heavy (non-hydrogen) atoms. The van der Waals surface area contributed by atoms with Crippen LogP contribution in [0.15, 0.2) is 23.4 Å². The summed E-state index contributed by atoms with van der Waals surface area (Å²) < 4.78 is 18.5. The van der Waals surface area contributed by atoms with Gasteiger partial charge in [0.15, 0.2) is 0 Å². The van der Waals surface area contributed by atoms with E-state index in [1.165, 1.54) is 19.2 Å². The first-order chi connectivity index (χ1) is 7.22. The Morgan fingerprint density at radius 1 is 1.53 bits per heavy atom. The molecule has 0 spiro atoms. The average Bonchev–Trinajstić information content (AvgIpc) is 2.64. The lowest BCUT2D eigenvalue weighted by molar-refractivity contribution is -0.140. The van der Waals surface area contributed by atoms with Crippen molar-refractivity contribution in [3.63, 3.8) is 0 Å². The third-order valence-electron chi connectivity index (χ3n) is 2.05. The number of carbonyl (C=O) groups is 1. The van der Waals surface area contributed by atoms with Crippen LogP contribution in [-0.4, -0.2) is 18.8 Å². The van der Waals surface area contributed by atoms with E-state index in [4.69, 9.17) is 4.74 Å². The number of methoxy groups -OCH3 is 1. The van der Waals surface area contributed by atoms with Crippen molar-refractivity contribution in [1.29, 1.82) is 0 Å². The van der Waals surface area contributed by atoms with Gasteiger partial charge in [0, 0.05) is 0 Å². The van der Waals surface area contributed by atoms with Gasteiger partial charge in [0.25, 0.3) is 0 Å². The fourth-order valence-electron chi connectivity index (χ4n) is 1.40. The van der Waals surface area contributed by atoms with Gasteiger partial charge < -0.3 is 9.57 Å². The van der Waals surface area contributed by atoms with Gasteiger partial charge in [-0.15, -0.1) is 0 Å². The number of ether oxygens (including phenoxy) is 1. The third-order valence-corrected chi connectivity index (χ3v) is 2.05. The molecule has 78 valence electrons. The van der Waals surface area contributed by atoms with Crippen molar-refractivity contribution >= 4 is 11.7 Å². The Labute approximate surface area is 85.3 Å². The SMILES string of the molecule is COc1cccc(F)c1C1=NOC(=O)C1. The molecule has 0 saturated heterocycles. The maximum absolute atomic E-state index is 13.5. The topological polar surface area (TPSA) is 47.9 Å². The Morgan fingerprint density at radius 2 is 2.33 bits per heavy atom. The van der Waals surface area contributed by atoms with Gasteiger partial charge in [-0.25, -0.2) is 9.18 Å². The van der Waals surface area contributed by atoms with Crippen LogP contribution in [-0.2, 0) is 9.63 Å². The van der Waals surface area contributed by atoms with E-state index in [0.717, 1.165) is 0 Å². The van der Waals surface area contributed by atoms with Crippen LogP contribution in [0.2, 0.25) is 0 Å². The van der Waals surface area contributed by atoms with Gasteiger partial charge in [-0.05, 0) is 12.1 Å². The molecule has 2 rings (SSSR count). The first-order valence-corrected chi connectivity index (χ1v) is 4.32. The molecule has 1 aliphatic heterocycles. The van der Waals surface area contributed by atoms with Crippen molar-refractivity contribution in [3.05, 3.63) is 29.6 Å². The van der Waals surface area contributed by atoms with Crippen LogP contribution < -0.4 is 4.74 Å². The molecule has 0 aromatic heterocycles. The highest BCUT2D eigenvalue weighted by Gasteiger charge is 2.24. The number of halogens is 1. The van der Waals surface area contributed by atoms with Crippen LogP contribution in [0.4, 0.5) is 4.39 Å². The summed E-state index contributed by atoms with van der Waals surface area (Å²) in [7, 11) is 1.43. The highest BCUT2D eigenvalue weighted by molar-refractivity contribution is 6.13. The van der Waals surface area contributed by atoms with E-state index in [0.29, 0.717) is 5.75 Å². The smallest absolute Gasteiger partial charge is 0.341 e. The minimum atomic E-state index is -0.490. The fraction of sp³-hybridized carbons (Fsp3) is 0.200. The molecule has 1 heterocycles. The molecule has 0 bridgehead atoms. The second-order valence-electron chi connectivity index (χ2n) is 3.00. The predicted octanol–water partition coefficient (Wildman–Crippen LogP) is 1.49. The number of hydrogen-bond acceptors (Lipinski definition) is 4. The highest BCUT2D eigenvalue weighted by atomic mass is 19.1. The summed E-state index contributed by atoms with van der Waals surface area (Å²) in [5, 5.41) is 3.50. The van der Waals surface area contributed by atoms with E-state index in [2.05, 4.69) is 9.99 Å². The molecule has 1 aromatic carbocycles. The molecular formula is C10H8FNO3. The molecule has 1 aliphatic rings. The maximum Gasteiger partial charge on any atom is 0.341 e. The van der Waals surface area contributed by atoms with Gasteiger partial charge in [-0.3, -0.25) is 0 Å². The van der Waals surface area contributed by atoms with Crippen molar-refractivity contribution in [3.8, 4) is 5.75 Å². The number of carbonyl (C=O) groups excluding carboxylic acids is 1. The Kier molecular flexibility index (Phi) is 2.37. The maximum atomic E-state index is 13.5. The van der Waals surface area contributed by atoms with Gasteiger partial charge in [0.2, 0.25) is 0 Å². The summed E-state index contributed by atoms with van der Waals surface area (Å²) in [5.74, 6) is -0.631. The second kappa shape index (κ2) is 3.68. The molecule has 0 amide bonds. The Morgan fingerprint density at radius 3 is 2.93 bits per heavy atom. The standard InChI is InChI=1S/C10H8FNO3/c1-14-8-4-2-3-6(11)10(8)7-5-9(13)15-12-7/h2-4H,5H2,1H3. The van der Waals surface area contributed by atoms with Crippen LogP contribution in [0.3, 0.4) is 0 Å². The van der Waals surface area contributed by atoms with E-state index in [9.17, 15) is 9.18 Å². The van der Waals surface area contributed by atoms with E-state index in [1.807, 2.05) is 0 Å². The summed E-state index contributed by atoms with van der Waals surface area (Å²) in [4.78, 5) is 15.2. The quantitative estimate of drug-likeness (QED) is 0.693. The van der Waals surface area contributed by atoms with Crippen molar-refractivity contribution in [2.75, 3.05) is 7.11 Å². The molecule has 0 unspecified atom stereocenters. The molecule has 0 fully saturated rings. The van der Waals surface area contributed by atoms with Crippen molar-refractivity contribution < 1.29 is 18.8 Å². The first-order valence-electron chi connectivity index (χ1n) is 4.32. The zero-order valence-corrected chi connectivity index (χ0v) is 7.99. The van der Waals surface area contributed by atoms with E-state index in [1.54, 1.807) is 6.07 Å². The summed E-state index contributed by atoms with van der Waals surface area (Å²) >= 11 is 0. The monoisotopic (exact) mass is 209 g/mol. The number of hydrogen-bond donors (Lipinski definition) is 0. The van der Waals surface area contributed by atoms with Crippen LogP contribution in [0.25, 0.3) is 0 Å². The lowest BCUT2D eigenvalue weighted by Crippen LogP contribution is -2.05. The molecule has 4 nitrogen and oxygen atoms in total. The number of nitrogens with zero attached hydrogens (tertiary/aromatic N) is 1. The average molecular weight is 209 g/mol. The molecule has 5 heteroatoms. The van der Waals surface area contributed by atoms with Gasteiger partial charge in [0.05, 0.1) is 19.1 Å². The van der Waals surface area contributed by atoms with Crippen LogP contribution in [0.1, 0.15) is 12.0 Å². The van der Waals surface area contributed by atoms with Gasteiger partial charge in [0.1, 0.15) is 17.3 Å². The van der Waals surface area contributed by atoms with E-state index >= 15 is 0 Å². The molecule has 0 aliphatic carbocycles. The van der Waals surface area contributed by atoms with Crippen molar-refractivity contribution in [1.82, 2.24) is 0 Å². The van der Waals surface area contributed by atoms with Crippen molar-refractivity contribution in [2.45, 2.75) is 6.42 Å². The fourth-order valence-corrected chi connectivity index (χ4v) is 1.40. The molecule has 0 radical (unpaired) electrons. The Hall–Kier alpha value is -1.91. The molecule has 1 aromatic rings. The van der Waals surface area contributed by atoms with E-state index < -0.39 is 11.8 Å². The van der Waals surface area contributed by atoms with Crippen LogP contribution in [0.5, 0.6) is 5.75 Å². The minimum absolute atomic E-state index is 0.0305. The zero-order valence-electron chi connectivity index (χ0n) is 7.99. The highest BCUT2D eigenvalue weighted by Crippen LogP contribution is 2.25. The molecule has 0 N–H and O–H groups in total. The predicted molar refractivity (Wildman–Crippen MR) is 50.2 cm³/mol. The number of rotatable bonds is 2. The molecule has 0 saturated carbocycles. The zero-order chi connectivity index (χ0) is 10.8. The van der Waals surface area contributed by atoms with Gasteiger partial charge in [-0.2, -0.15) is 0 Å². The van der Waals surface area contributed by atoms with Gasteiger partial charge >= 0.3 is 5.97 Å². The van der Waals surface area contributed by atoms with E-state index in [-0.39, 0.29) is 17.7 Å². The largest absolute Gasteiger partial charge is 0.496 e. The Balaban J connectivity index is 2.47. The summed E-state index contributed by atoms with van der Waals surface area (Å²) in [6.07, 6.45) is -0.0305. The summed E-state index contributed by atoms with van der Waals surface area (Å²) in [6, 6.07) is 4.41. The lowest BCUT2D eigenvalue weighted by atomic mass is 10.1. The summed E-state index contributed by atoms with van der Waals surface area (Å²) in [5.41, 5.74) is 0.445. The third kappa shape index (κ3) is 1.68. The minimum Gasteiger partial charge on any atom is -0.496 e. The molecule has 0 atom stereocenters. The first kappa shape index (κ1) is 9.64. The number of oxime groups is 1. The van der Waals surface area contributed by atoms with Gasteiger partial charge in [-0.1, -0.05) is 11.2 Å².